The summed E-state index contributed by atoms with van der Waals surface area (Å²) < 4.78 is 42.1. The number of nitrogens with zero attached hydrogens (tertiary/aromatic N) is 2. The van der Waals surface area contributed by atoms with E-state index in [1.807, 2.05) is 48.5 Å². The number of aromatic nitrogens is 2. The number of methoxy groups -OCH3 is 2. The molecule has 35 heavy (non-hydrogen) atoms. The number of ether oxygens (including phenoxy) is 2. The number of anilines is 2. The van der Waals surface area contributed by atoms with Gasteiger partial charge in [-0.15, -0.1) is 0 Å². The lowest BCUT2D eigenvalue weighted by atomic mass is 10.0. The number of nitrogen functional groups attached to an aromatic ring is 1. The van der Waals surface area contributed by atoms with Gasteiger partial charge in [0.05, 0.1) is 41.1 Å². The van der Waals surface area contributed by atoms with Crippen LogP contribution in [0, 0.1) is 0 Å². The summed E-state index contributed by atoms with van der Waals surface area (Å²) in [4.78, 5) is 0. The van der Waals surface area contributed by atoms with Crippen LogP contribution < -0.4 is 19.9 Å². The monoisotopic (exact) mass is 514 g/mol. The summed E-state index contributed by atoms with van der Waals surface area (Å²) in [6.45, 7) is 0. The number of halogens is 1. The van der Waals surface area contributed by atoms with Gasteiger partial charge in [-0.05, 0) is 60.4 Å². The summed E-state index contributed by atoms with van der Waals surface area (Å²) >= 11 is 6.41. The zero-order valence-corrected chi connectivity index (χ0v) is 21.2. The van der Waals surface area contributed by atoms with Crippen LogP contribution in [0.4, 0.5) is 11.5 Å². The van der Waals surface area contributed by atoms with Crippen molar-refractivity contribution in [3.63, 3.8) is 0 Å². The Balaban J connectivity index is 1.70. The lowest BCUT2D eigenvalue weighted by Gasteiger charge is -2.19. The van der Waals surface area contributed by atoms with Gasteiger partial charge >= 0.3 is 0 Å². The standard InChI is InChI=1S/C25H27ClN4O4S/c1-30-24-22(27)13-12-21(26)23(24)25(28-30)29-35(31,32)20(14-16-4-8-18(33-2)9-5-16)15-17-6-10-19(34-3)11-7-17/h4-13,20H,14-15,27H2,1-3H3,(H,28,29). The first-order chi connectivity index (χ1) is 16.7. The molecule has 0 aliphatic heterocycles. The third-order valence-corrected chi connectivity index (χ3v) is 7.90. The van der Waals surface area contributed by atoms with Crippen LogP contribution in [0.2, 0.25) is 5.02 Å². The first-order valence-electron chi connectivity index (χ1n) is 10.9. The average Bonchev–Trinajstić information content (AvgIpc) is 3.18. The molecule has 184 valence electrons. The van der Waals surface area contributed by atoms with Crippen LogP contribution in [0.25, 0.3) is 10.9 Å². The van der Waals surface area contributed by atoms with Crippen molar-refractivity contribution in [3.05, 3.63) is 76.8 Å². The van der Waals surface area contributed by atoms with Crippen LogP contribution in [-0.4, -0.2) is 37.7 Å². The Morgan fingerprint density at radius 3 is 1.94 bits per heavy atom. The van der Waals surface area contributed by atoms with Crippen LogP contribution in [0.5, 0.6) is 11.5 Å². The maximum Gasteiger partial charge on any atom is 0.237 e. The van der Waals surface area contributed by atoms with Crippen molar-refractivity contribution in [2.24, 2.45) is 7.05 Å². The number of nitrogens with one attached hydrogen (secondary N) is 1. The molecule has 0 unspecified atom stereocenters. The van der Waals surface area contributed by atoms with E-state index in [9.17, 15) is 8.42 Å². The molecule has 1 heterocycles. The van der Waals surface area contributed by atoms with E-state index in [4.69, 9.17) is 26.8 Å². The molecule has 0 bridgehead atoms. The Labute approximate surface area is 209 Å². The summed E-state index contributed by atoms with van der Waals surface area (Å²) in [5, 5.41) is 4.40. The van der Waals surface area contributed by atoms with Gasteiger partial charge in [0.15, 0.2) is 5.82 Å². The molecule has 0 radical (unpaired) electrons. The van der Waals surface area contributed by atoms with E-state index in [1.54, 1.807) is 33.4 Å². The minimum absolute atomic E-state index is 0.147. The summed E-state index contributed by atoms with van der Waals surface area (Å²) in [6, 6.07) is 18.0. The van der Waals surface area contributed by atoms with E-state index in [1.165, 1.54) is 4.68 Å². The predicted octanol–water partition coefficient (Wildman–Crippen LogP) is 4.42. The van der Waals surface area contributed by atoms with Crippen molar-refractivity contribution >= 4 is 44.0 Å². The number of rotatable bonds is 9. The van der Waals surface area contributed by atoms with E-state index in [0.717, 1.165) is 11.1 Å². The fourth-order valence-corrected chi connectivity index (χ4v) is 5.68. The molecule has 0 atom stereocenters. The summed E-state index contributed by atoms with van der Waals surface area (Å²) in [5.74, 6) is 1.55. The molecule has 0 aliphatic rings. The smallest absolute Gasteiger partial charge is 0.237 e. The number of sulfonamides is 1. The van der Waals surface area contributed by atoms with Gasteiger partial charge in [-0.3, -0.25) is 9.40 Å². The Hall–Kier alpha value is -3.43. The normalized spacial score (nSPS) is 11.7. The first kappa shape index (κ1) is 24.7. The van der Waals surface area contributed by atoms with E-state index >= 15 is 0 Å². The van der Waals surface area contributed by atoms with E-state index in [2.05, 4.69) is 9.82 Å². The number of nitrogens with two attached hydrogens (primary N) is 1. The second kappa shape index (κ2) is 10.1. The van der Waals surface area contributed by atoms with Gasteiger partial charge in [-0.25, -0.2) is 8.42 Å². The van der Waals surface area contributed by atoms with Crippen LogP contribution in [0.3, 0.4) is 0 Å². The fraction of sp³-hybridized carbons (Fsp3) is 0.240. The van der Waals surface area contributed by atoms with Gasteiger partial charge in [-0.2, -0.15) is 5.10 Å². The molecular weight excluding hydrogens is 488 g/mol. The Bertz CT molecular complexity index is 1390. The highest BCUT2D eigenvalue weighted by Crippen LogP contribution is 2.34. The molecule has 0 fully saturated rings. The number of benzene rings is 3. The molecule has 10 heteroatoms. The van der Waals surface area contributed by atoms with Gasteiger partial charge in [0.2, 0.25) is 10.0 Å². The van der Waals surface area contributed by atoms with Gasteiger partial charge in [0.1, 0.15) is 11.5 Å². The summed E-state index contributed by atoms with van der Waals surface area (Å²) in [5.41, 5.74) is 8.85. The lowest BCUT2D eigenvalue weighted by molar-refractivity contribution is 0.414. The number of hydrogen-bond donors (Lipinski definition) is 2. The maximum absolute atomic E-state index is 13.7. The quantitative estimate of drug-likeness (QED) is 0.320. The number of fused-ring (bicyclic) bond motifs is 1. The largest absolute Gasteiger partial charge is 0.497 e. The van der Waals surface area contributed by atoms with Crippen molar-refractivity contribution < 1.29 is 17.9 Å². The Morgan fingerprint density at radius 2 is 1.46 bits per heavy atom. The minimum atomic E-state index is -3.90. The van der Waals surface area contributed by atoms with Crippen molar-refractivity contribution in [2.45, 2.75) is 18.1 Å². The highest BCUT2D eigenvalue weighted by Gasteiger charge is 2.29. The topological polar surface area (TPSA) is 108 Å². The first-order valence-corrected chi connectivity index (χ1v) is 12.8. The summed E-state index contributed by atoms with van der Waals surface area (Å²) in [7, 11) is 0.971. The van der Waals surface area contributed by atoms with Gasteiger partial charge < -0.3 is 15.2 Å². The third kappa shape index (κ3) is 5.31. The highest BCUT2D eigenvalue weighted by molar-refractivity contribution is 7.93. The van der Waals surface area contributed by atoms with Gasteiger partial charge in [-0.1, -0.05) is 35.9 Å². The Kier molecular flexibility index (Phi) is 7.09. The van der Waals surface area contributed by atoms with Crippen LogP contribution >= 0.6 is 11.6 Å². The second-order valence-corrected chi connectivity index (χ2v) is 10.6. The zero-order valence-electron chi connectivity index (χ0n) is 19.7. The number of aryl methyl sites for hydroxylation is 1. The predicted molar refractivity (Wildman–Crippen MR) is 140 cm³/mol. The fourth-order valence-electron chi connectivity index (χ4n) is 4.04. The third-order valence-electron chi connectivity index (χ3n) is 5.89. The SMILES string of the molecule is COc1ccc(CC(Cc2ccc(OC)cc2)S(=O)(=O)Nc2nn(C)c3c(N)ccc(Cl)c23)cc1. The van der Waals surface area contributed by atoms with Crippen molar-refractivity contribution in [1.82, 2.24) is 9.78 Å². The van der Waals surface area contributed by atoms with E-state index < -0.39 is 15.3 Å². The Morgan fingerprint density at radius 1 is 0.943 bits per heavy atom. The van der Waals surface area contributed by atoms with Crippen LogP contribution in [0.15, 0.2) is 60.7 Å². The molecule has 4 aromatic rings. The van der Waals surface area contributed by atoms with Crippen LogP contribution in [0.1, 0.15) is 11.1 Å². The van der Waals surface area contributed by atoms with Crippen molar-refractivity contribution in [2.75, 3.05) is 24.7 Å². The average molecular weight is 515 g/mol. The minimum Gasteiger partial charge on any atom is -0.497 e. The van der Waals surface area contributed by atoms with Gasteiger partial charge in [0, 0.05) is 7.05 Å². The molecule has 0 saturated carbocycles. The molecule has 8 nitrogen and oxygen atoms in total. The highest BCUT2D eigenvalue weighted by atomic mass is 35.5. The van der Waals surface area contributed by atoms with E-state index in [-0.39, 0.29) is 18.7 Å². The summed E-state index contributed by atoms with van der Waals surface area (Å²) in [6.07, 6.45) is 0.567. The molecule has 3 N–H and O–H groups in total. The lowest BCUT2D eigenvalue weighted by Crippen LogP contribution is -2.32. The molecule has 0 amide bonds. The van der Waals surface area contributed by atoms with Crippen molar-refractivity contribution in [3.8, 4) is 11.5 Å². The molecular formula is C25H27ClN4O4S. The maximum atomic E-state index is 13.7. The molecule has 0 aliphatic carbocycles. The molecule has 1 aromatic heterocycles. The second-order valence-electron chi connectivity index (χ2n) is 8.21. The molecule has 0 spiro atoms. The number of hydrogen-bond acceptors (Lipinski definition) is 6. The van der Waals surface area contributed by atoms with E-state index in [0.29, 0.717) is 33.1 Å². The van der Waals surface area contributed by atoms with Gasteiger partial charge in [0.25, 0.3) is 0 Å². The molecule has 3 aromatic carbocycles. The molecule has 0 saturated heterocycles. The zero-order chi connectivity index (χ0) is 25.2. The van der Waals surface area contributed by atoms with Crippen molar-refractivity contribution in [1.29, 1.82) is 0 Å². The van der Waals surface area contributed by atoms with Crippen LogP contribution in [-0.2, 0) is 29.9 Å². The molecule has 4 rings (SSSR count).